The molecule has 0 fully saturated rings. The number of fused-ring (bicyclic) bond motifs is 2. The molecular formula is C36H28N4O3S. The van der Waals surface area contributed by atoms with Crippen LogP contribution in [-0.4, -0.2) is 22.6 Å². The van der Waals surface area contributed by atoms with Crippen LogP contribution < -0.4 is 24.9 Å². The van der Waals surface area contributed by atoms with Gasteiger partial charge in [0.15, 0.2) is 4.80 Å². The van der Waals surface area contributed by atoms with E-state index in [1.165, 1.54) is 11.3 Å². The lowest BCUT2D eigenvalue weighted by Gasteiger charge is -2.25. The molecule has 0 bridgehead atoms. The Bertz CT molecular complexity index is 2250. The van der Waals surface area contributed by atoms with E-state index in [0.717, 1.165) is 33.3 Å². The molecule has 1 aliphatic rings. The molecular weight excluding hydrogens is 568 g/mol. The number of amides is 1. The van der Waals surface area contributed by atoms with Gasteiger partial charge in [-0.25, -0.2) is 4.99 Å². The van der Waals surface area contributed by atoms with Crippen molar-refractivity contribution in [1.82, 2.24) is 9.55 Å². The fourth-order valence-electron chi connectivity index (χ4n) is 5.74. The number of ether oxygens (including phenoxy) is 1. The first-order valence-electron chi connectivity index (χ1n) is 14.2. The summed E-state index contributed by atoms with van der Waals surface area (Å²) in [5.74, 6) is 0.316. The Hall–Kier alpha value is -5.47. The third-order valence-corrected chi connectivity index (χ3v) is 8.77. The van der Waals surface area contributed by atoms with Gasteiger partial charge in [0, 0.05) is 22.2 Å². The molecule has 0 saturated heterocycles. The fourth-order valence-corrected chi connectivity index (χ4v) is 6.76. The first-order chi connectivity index (χ1) is 21.5. The number of rotatable bonds is 6. The fraction of sp³-hybridized carbons (Fsp3) is 0.0833. The second-order valence-corrected chi connectivity index (χ2v) is 11.5. The van der Waals surface area contributed by atoms with Crippen molar-refractivity contribution in [2.24, 2.45) is 4.99 Å². The van der Waals surface area contributed by atoms with Gasteiger partial charge in [0.2, 0.25) is 0 Å². The molecule has 7 rings (SSSR count). The SMILES string of the molecule is COc1cccc([C@H]2C(C(=O)Nc3ccccc3)=C(C)N=c3s/c(=C\c4c(-c5ccccc5)[nH]c5ccccc45)c(=O)n32)c1. The number of benzene rings is 4. The summed E-state index contributed by atoms with van der Waals surface area (Å²) in [6.07, 6.45) is 1.94. The summed E-state index contributed by atoms with van der Waals surface area (Å²) in [6.45, 7) is 1.82. The molecule has 4 aromatic carbocycles. The number of hydrogen-bond acceptors (Lipinski definition) is 5. The molecule has 8 heteroatoms. The summed E-state index contributed by atoms with van der Waals surface area (Å²) < 4.78 is 7.68. The van der Waals surface area contributed by atoms with E-state index in [1.807, 2.05) is 116 Å². The Kier molecular flexibility index (Phi) is 7.04. The van der Waals surface area contributed by atoms with Crippen molar-refractivity contribution in [3.05, 3.63) is 151 Å². The summed E-state index contributed by atoms with van der Waals surface area (Å²) in [7, 11) is 1.60. The average Bonchev–Trinajstić information content (AvgIpc) is 3.58. The first-order valence-corrected chi connectivity index (χ1v) is 15.0. The summed E-state index contributed by atoms with van der Waals surface area (Å²) >= 11 is 1.32. The number of allylic oxidation sites excluding steroid dienone is 1. The number of H-pyrrole nitrogens is 1. The van der Waals surface area contributed by atoms with E-state index in [2.05, 4.69) is 16.4 Å². The molecule has 3 heterocycles. The van der Waals surface area contributed by atoms with Crippen molar-refractivity contribution in [1.29, 1.82) is 0 Å². The van der Waals surface area contributed by atoms with Crippen LogP contribution in [0.1, 0.15) is 24.1 Å². The quantitative estimate of drug-likeness (QED) is 0.246. The summed E-state index contributed by atoms with van der Waals surface area (Å²) in [6, 6.07) is 34.2. The maximum absolute atomic E-state index is 14.4. The van der Waals surface area contributed by atoms with E-state index in [4.69, 9.17) is 9.73 Å². The normalized spacial score (nSPS) is 14.8. The highest BCUT2D eigenvalue weighted by atomic mass is 32.1. The van der Waals surface area contributed by atoms with Gasteiger partial charge in [0.05, 0.1) is 34.6 Å². The zero-order chi connectivity index (χ0) is 30.2. The zero-order valence-electron chi connectivity index (χ0n) is 24.1. The van der Waals surface area contributed by atoms with Gasteiger partial charge in [-0.2, -0.15) is 0 Å². The number of anilines is 1. The maximum atomic E-state index is 14.4. The molecule has 2 aromatic heterocycles. The molecule has 216 valence electrons. The minimum absolute atomic E-state index is 0.219. The van der Waals surface area contributed by atoms with E-state index < -0.39 is 6.04 Å². The van der Waals surface area contributed by atoms with E-state index >= 15 is 0 Å². The lowest BCUT2D eigenvalue weighted by atomic mass is 9.95. The van der Waals surface area contributed by atoms with Crippen LogP contribution in [0, 0.1) is 0 Å². The third-order valence-electron chi connectivity index (χ3n) is 7.79. The number of aromatic amines is 1. The number of carbonyl (C=O) groups excluding carboxylic acids is 1. The molecule has 0 saturated carbocycles. The van der Waals surface area contributed by atoms with Crippen molar-refractivity contribution >= 4 is 39.9 Å². The largest absolute Gasteiger partial charge is 0.497 e. The van der Waals surface area contributed by atoms with Crippen molar-refractivity contribution < 1.29 is 9.53 Å². The molecule has 1 atom stereocenters. The van der Waals surface area contributed by atoms with Gasteiger partial charge < -0.3 is 15.0 Å². The minimum Gasteiger partial charge on any atom is -0.497 e. The smallest absolute Gasteiger partial charge is 0.271 e. The molecule has 6 aromatic rings. The molecule has 1 aliphatic heterocycles. The van der Waals surface area contributed by atoms with Crippen LogP contribution in [0.15, 0.2) is 130 Å². The Morgan fingerprint density at radius 1 is 0.955 bits per heavy atom. The van der Waals surface area contributed by atoms with Gasteiger partial charge in [-0.05, 0) is 54.5 Å². The third kappa shape index (κ3) is 4.85. The van der Waals surface area contributed by atoms with E-state index in [9.17, 15) is 9.59 Å². The predicted octanol–water partition coefficient (Wildman–Crippen LogP) is 6.03. The van der Waals surface area contributed by atoms with Crippen LogP contribution in [0.4, 0.5) is 5.69 Å². The highest BCUT2D eigenvalue weighted by molar-refractivity contribution is 7.07. The van der Waals surface area contributed by atoms with Crippen LogP contribution in [0.5, 0.6) is 5.75 Å². The number of methoxy groups -OCH3 is 1. The summed E-state index contributed by atoms with van der Waals surface area (Å²) in [5, 5.41) is 4.01. The molecule has 0 spiro atoms. The number of carbonyl (C=O) groups is 1. The van der Waals surface area contributed by atoms with Gasteiger partial charge in [-0.1, -0.05) is 90.2 Å². The number of nitrogens with one attached hydrogen (secondary N) is 2. The Balaban J connectivity index is 1.44. The lowest BCUT2D eigenvalue weighted by molar-refractivity contribution is -0.113. The topological polar surface area (TPSA) is 88.5 Å². The minimum atomic E-state index is -0.705. The highest BCUT2D eigenvalue weighted by Crippen LogP contribution is 2.33. The Labute approximate surface area is 257 Å². The van der Waals surface area contributed by atoms with Crippen LogP contribution in [-0.2, 0) is 4.79 Å². The predicted molar refractivity (Wildman–Crippen MR) is 176 cm³/mol. The second kappa shape index (κ2) is 11.3. The Morgan fingerprint density at radius 3 is 2.45 bits per heavy atom. The lowest BCUT2D eigenvalue weighted by Crippen LogP contribution is -2.40. The van der Waals surface area contributed by atoms with E-state index in [0.29, 0.717) is 32.0 Å². The zero-order valence-corrected chi connectivity index (χ0v) is 24.9. The average molecular weight is 597 g/mol. The molecule has 1 amide bonds. The van der Waals surface area contributed by atoms with Gasteiger partial charge in [-0.15, -0.1) is 0 Å². The van der Waals surface area contributed by atoms with Crippen molar-refractivity contribution in [2.75, 3.05) is 12.4 Å². The van der Waals surface area contributed by atoms with Crippen LogP contribution in [0.2, 0.25) is 0 Å². The standard InChI is InChI=1S/C36H28N4O3S/c1-22-31(34(41)38-25-15-7-4-8-16-25)33(24-14-11-17-26(20-24)43-2)40-35(42)30(44-36(40)37-22)21-28-27-18-9-10-19-29(27)39-32(28)23-12-5-3-6-13-23/h3-21,33,39H,1-2H3,(H,38,41)/b30-21-/t33-/m0/s1. The molecule has 7 nitrogen and oxygen atoms in total. The van der Waals surface area contributed by atoms with Gasteiger partial charge in [-0.3, -0.25) is 14.2 Å². The Morgan fingerprint density at radius 2 is 1.68 bits per heavy atom. The van der Waals surface area contributed by atoms with E-state index in [-0.39, 0.29) is 11.5 Å². The van der Waals surface area contributed by atoms with Gasteiger partial charge >= 0.3 is 0 Å². The second-order valence-electron chi connectivity index (χ2n) is 10.5. The van der Waals surface area contributed by atoms with Crippen molar-refractivity contribution in [3.63, 3.8) is 0 Å². The van der Waals surface area contributed by atoms with Crippen molar-refractivity contribution in [3.8, 4) is 17.0 Å². The van der Waals surface area contributed by atoms with E-state index in [1.54, 1.807) is 11.7 Å². The molecule has 44 heavy (non-hydrogen) atoms. The number of para-hydroxylation sites is 2. The monoisotopic (exact) mass is 596 g/mol. The van der Waals surface area contributed by atoms with Gasteiger partial charge in [0.1, 0.15) is 5.75 Å². The highest BCUT2D eigenvalue weighted by Gasteiger charge is 2.33. The number of hydrogen-bond donors (Lipinski definition) is 2. The molecule has 0 unspecified atom stereocenters. The van der Waals surface area contributed by atoms with Gasteiger partial charge in [0.25, 0.3) is 11.5 Å². The molecule has 2 N–H and O–H groups in total. The van der Waals surface area contributed by atoms with Crippen LogP contribution in [0.3, 0.4) is 0 Å². The van der Waals surface area contributed by atoms with Crippen LogP contribution >= 0.6 is 11.3 Å². The number of aromatic nitrogens is 2. The molecule has 0 aliphatic carbocycles. The maximum Gasteiger partial charge on any atom is 0.271 e. The molecule has 0 radical (unpaired) electrons. The van der Waals surface area contributed by atoms with Crippen LogP contribution in [0.25, 0.3) is 28.2 Å². The summed E-state index contributed by atoms with van der Waals surface area (Å²) in [5.41, 5.74) is 6.00. The number of thiazole rings is 1. The van der Waals surface area contributed by atoms with Crippen molar-refractivity contribution in [2.45, 2.75) is 13.0 Å². The summed E-state index contributed by atoms with van der Waals surface area (Å²) in [4.78, 5) is 37.1. The first kappa shape index (κ1) is 27.4. The number of nitrogens with zero attached hydrogens (tertiary/aromatic N) is 2.